The fourth-order valence-corrected chi connectivity index (χ4v) is 7.48. The lowest BCUT2D eigenvalue weighted by molar-refractivity contribution is 0.0297. The fourth-order valence-electron chi connectivity index (χ4n) is 6.15. The van der Waals surface area contributed by atoms with E-state index in [-0.39, 0.29) is 11.9 Å². The number of likely N-dealkylation sites (tertiary alicyclic amines) is 1. The van der Waals surface area contributed by atoms with Crippen LogP contribution in [-0.4, -0.2) is 88.8 Å². The van der Waals surface area contributed by atoms with Gasteiger partial charge in [-0.2, -0.15) is 5.10 Å². The van der Waals surface area contributed by atoms with Crippen LogP contribution >= 0.6 is 0 Å². The van der Waals surface area contributed by atoms with Crippen LogP contribution in [0.4, 0.5) is 0 Å². The van der Waals surface area contributed by atoms with E-state index >= 15 is 0 Å². The van der Waals surface area contributed by atoms with Crippen molar-refractivity contribution in [2.24, 2.45) is 5.92 Å². The predicted molar refractivity (Wildman–Crippen MR) is 137 cm³/mol. The Balaban J connectivity index is 1.30. The van der Waals surface area contributed by atoms with Gasteiger partial charge in [-0.3, -0.25) is 13.7 Å². The van der Waals surface area contributed by atoms with Gasteiger partial charge in [0.2, 0.25) is 0 Å². The van der Waals surface area contributed by atoms with Crippen molar-refractivity contribution in [3.8, 4) is 11.3 Å². The number of morpholine rings is 1. The standard InChI is InChI=1S/C27H36N4O4S/c32-27(30-12-16-35-17-13-30)25-23-19-36(33)24-6-2-1-5-22(24)26(23)31(28-25)21-4-3-10-29(18-21)11-7-20-8-14-34-15-9-20/h1-2,5-6,20-21H,3-4,7-19H2/t21-,36?/m1/s1. The van der Waals surface area contributed by atoms with Gasteiger partial charge in [-0.15, -0.1) is 0 Å². The lowest BCUT2D eigenvalue weighted by Gasteiger charge is -2.35. The van der Waals surface area contributed by atoms with Crippen molar-refractivity contribution in [2.45, 2.75) is 48.8 Å². The Bertz CT molecular complexity index is 1120. The van der Waals surface area contributed by atoms with Crippen molar-refractivity contribution in [1.29, 1.82) is 0 Å². The first-order chi connectivity index (χ1) is 17.7. The van der Waals surface area contributed by atoms with Gasteiger partial charge in [-0.25, -0.2) is 0 Å². The zero-order valence-corrected chi connectivity index (χ0v) is 21.7. The number of carbonyl (C=O) groups is 1. The Morgan fingerprint density at radius 3 is 2.64 bits per heavy atom. The minimum Gasteiger partial charge on any atom is -0.381 e. The minimum absolute atomic E-state index is 0.0585. The first kappa shape index (κ1) is 24.3. The molecule has 194 valence electrons. The zero-order valence-electron chi connectivity index (χ0n) is 20.9. The molecule has 36 heavy (non-hydrogen) atoms. The van der Waals surface area contributed by atoms with Crippen molar-refractivity contribution >= 4 is 16.7 Å². The molecule has 3 saturated heterocycles. The van der Waals surface area contributed by atoms with Crippen molar-refractivity contribution in [3.05, 3.63) is 35.5 Å². The molecule has 0 bridgehead atoms. The van der Waals surface area contributed by atoms with E-state index in [1.54, 1.807) is 0 Å². The first-order valence-corrected chi connectivity index (χ1v) is 14.8. The van der Waals surface area contributed by atoms with Gasteiger partial charge in [0.25, 0.3) is 5.91 Å². The van der Waals surface area contributed by atoms with Crippen LogP contribution in [0, 0.1) is 5.92 Å². The highest BCUT2D eigenvalue weighted by atomic mass is 32.2. The van der Waals surface area contributed by atoms with Crippen molar-refractivity contribution in [2.75, 3.05) is 59.2 Å². The normalized spacial score (nSPS) is 25.4. The number of aromatic nitrogens is 2. The van der Waals surface area contributed by atoms with Crippen LogP contribution in [0.25, 0.3) is 11.3 Å². The highest BCUT2D eigenvalue weighted by Crippen LogP contribution is 2.40. The molecule has 1 aromatic heterocycles. The van der Waals surface area contributed by atoms with Gasteiger partial charge in [-0.1, -0.05) is 18.2 Å². The van der Waals surface area contributed by atoms with Crippen LogP contribution in [0.2, 0.25) is 0 Å². The van der Waals surface area contributed by atoms with Crippen LogP contribution in [0.3, 0.4) is 0 Å². The Labute approximate surface area is 215 Å². The number of amides is 1. The molecule has 6 rings (SSSR count). The van der Waals surface area contributed by atoms with Gasteiger partial charge < -0.3 is 19.3 Å². The Hall–Kier alpha value is -2.07. The molecule has 2 aromatic rings. The van der Waals surface area contributed by atoms with E-state index in [0.717, 1.165) is 73.3 Å². The monoisotopic (exact) mass is 512 g/mol. The number of hydrogen-bond acceptors (Lipinski definition) is 6. The number of carbonyl (C=O) groups excluding carboxylic acids is 1. The third-order valence-electron chi connectivity index (χ3n) is 8.19. The number of nitrogens with zero attached hydrogens (tertiary/aromatic N) is 4. The molecular formula is C27H36N4O4S. The summed E-state index contributed by atoms with van der Waals surface area (Å²) in [7, 11) is -1.18. The number of ether oxygens (including phenoxy) is 2. The summed E-state index contributed by atoms with van der Waals surface area (Å²) in [6.45, 7) is 7.19. The maximum absolute atomic E-state index is 13.6. The molecule has 0 spiro atoms. The van der Waals surface area contributed by atoms with E-state index in [1.807, 2.05) is 29.2 Å². The van der Waals surface area contributed by atoms with Gasteiger partial charge in [0.15, 0.2) is 5.69 Å². The summed E-state index contributed by atoms with van der Waals surface area (Å²) in [4.78, 5) is 18.9. The van der Waals surface area contributed by atoms with E-state index in [9.17, 15) is 9.00 Å². The first-order valence-electron chi connectivity index (χ1n) is 13.5. The summed E-state index contributed by atoms with van der Waals surface area (Å²) in [5.74, 6) is 1.05. The third-order valence-corrected chi connectivity index (χ3v) is 9.59. The number of fused-ring (bicyclic) bond motifs is 3. The Morgan fingerprint density at radius 1 is 1.03 bits per heavy atom. The number of benzene rings is 1. The van der Waals surface area contributed by atoms with Crippen LogP contribution in [0.1, 0.15) is 54.2 Å². The van der Waals surface area contributed by atoms with Crippen LogP contribution in [-0.2, 0) is 26.0 Å². The number of piperidine rings is 1. The van der Waals surface area contributed by atoms with E-state index in [4.69, 9.17) is 14.6 Å². The quantitative estimate of drug-likeness (QED) is 0.613. The van der Waals surface area contributed by atoms with E-state index in [0.29, 0.717) is 37.8 Å². The van der Waals surface area contributed by atoms with Gasteiger partial charge in [-0.05, 0) is 57.2 Å². The third kappa shape index (κ3) is 4.78. The van der Waals surface area contributed by atoms with Gasteiger partial charge >= 0.3 is 0 Å². The number of hydrogen-bond donors (Lipinski definition) is 0. The second kappa shape index (κ2) is 10.7. The summed E-state index contributed by atoms with van der Waals surface area (Å²) in [6, 6.07) is 8.13. The maximum atomic E-state index is 13.6. The molecule has 4 aliphatic heterocycles. The largest absolute Gasteiger partial charge is 0.381 e. The van der Waals surface area contributed by atoms with Gasteiger partial charge in [0.05, 0.1) is 41.5 Å². The molecule has 5 heterocycles. The molecule has 3 fully saturated rings. The highest BCUT2D eigenvalue weighted by Gasteiger charge is 2.36. The molecule has 1 aromatic carbocycles. The molecule has 0 N–H and O–H groups in total. The molecule has 0 saturated carbocycles. The summed E-state index contributed by atoms with van der Waals surface area (Å²) in [5, 5.41) is 5.02. The molecule has 1 amide bonds. The topological polar surface area (TPSA) is 76.9 Å². The molecule has 8 nitrogen and oxygen atoms in total. The fraction of sp³-hybridized carbons (Fsp3) is 0.630. The second-order valence-electron chi connectivity index (χ2n) is 10.5. The van der Waals surface area contributed by atoms with Crippen molar-refractivity contribution in [1.82, 2.24) is 19.6 Å². The van der Waals surface area contributed by atoms with Crippen LogP contribution in [0.5, 0.6) is 0 Å². The van der Waals surface area contributed by atoms with E-state index < -0.39 is 10.8 Å². The van der Waals surface area contributed by atoms with Crippen LogP contribution < -0.4 is 0 Å². The van der Waals surface area contributed by atoms with E-state index in [2.05, 4.69) is 9.58 Å². The summed E-state index contributed by atoms with van der Waals surface area (Å²) in [5.41, 5.74) is 3.29. The lowest BCUT2D eigenvalue weighted by atomic mass is 9.95. The van der Waals surface area contributed by atoms with E-state index in [1.165, 1.54) is 19.3 Å². The van der Waals surface area contributed by atoms with Gasteiger partial charge in [0, 0.05) is 48.9 Å². The highest BCUT2D eigenvalue weighted by molar-refractivity contribution is 7.84. The Morgan fingerprint density at radius 2 is 1.81 bits per heavy atom. The molecule has 0 radical (unpaired) electrons. The molecule has 9 heteroatoms. The molecule has 4 aliphatic rings. The van der Waals surface area contributed by atoms with Crippen LogP contribution in [0.15, 0.2) is 29.2 Å². The SMILES string of the molecule is O=C(c1nn([C@@H]2CCCN(CCC3CCOCC3)C2)c2c1CS(=O)c1ccccc1-2)N1CCOCC1. The molecule has 1 unspecified atom stereocenters. The zero-order chi connectivity index (χ0) is 24.5. The average molecular weight is 513 g/mol. The molecular weight excluding hydrogens is 476 g/mol. The number of rotatable bonds is 5. The maximum Gasteiger partial charge on any atom is 0.274 e. The second-order valence-corrected chi connectivity index (χ2v) is 11.9. The predicted octanol–water partition coefficient (Wildman–Crippen LogP) is 3.10. The van der Waals surface area contributed by atoms with Crippen molar-refractivity contribution < 1.29 is 18.5 Å². The minimum atomic E-state index is -1.18. The lowest BCUT2D eigenvalue weighted by Crippen LogP contribution is -2.41. The van der Waals surface area contributed by atoms with Crippen molar-refractivity contribution in [3.63, 3.8) is 0 Å². The summed E-state index contributed by atoms with van der Waals surface area (Å²) >= 11 is 0. The Kier molecular flexibility index (Phi) is 7.24. The molecule has 2 atom stereocenters. The van der Waals surface area contributed by atoms with Gasteiger partial charge in [0.1, 0.15) is 0 Å². The average Bonchev–Trinajstić information content (AvgIpc) is 3.32. The molecule has 0 aliphatic carbocycles. The smallest absolute Gasteiger partial charge is 0.274 e. The summed E-state index contributed by atoms with van der Waals surface area (Å²) < 4.78 is 26.3. The summed E-state index contributed by atoms with van der Waals surface area (Å²) in [6.07, 6.45) is 5.72.